The highest BCUT2D eigenvalue weighted by molar-refractivity contribution is 5.96. The van der Waals surface area contributed by atoms with Gasteiger partial charge in [0.1, 0.15) is 5.70 Å². The molecule has 9 nitrogen and oxygen atoms in total. The van der Waals surface area contributed by atoms with Gasteiger partial charge < -0.3 is 24.0 Å². The summed E-state index contributed by atoms with van der Waals surface area (Å²) in [4.78, 5) is 41.7. The van der Waals surface area contributed by atoms with Crippen LogP contribution in [0.15, 0.2) is 54.5 Å². The molecule has 0 fully saturated rings. The number of anilines is 1. The van der Waals surface area contributed by atoms with Crippen molar-refractivity contribution < 1.29 is 28.6 Å². The first kappa shape index (κ1) is 21.8. The molecule has 156 valence electrons. The molecule has 1 atom stereocenters. The molecule has 0 N–H and O–H groups in total. The number of carbonyl (C=O) groups is 3. The highest BCUT2D eigenvalue weighted by atomic mass is 16.6. The van der Waals surface area contributed by atoms with E-state index in [1.54, 1.807) is 48.6 Å². The SMILES string of the molecule is CCCOC(=O)N(c1ccccc1)C1N(C)C=CN1/C(=C/C(=O)OC)C(=O)OC. The average Bonchev–Trinajstić information content (AvgIpc) is 3.11. The molecule has 0 aromatic heterocycles. The molecule has 0 saturated carbocycles. The monoisotopic (exact) mass is 403 g/mol. The van der Waals surface area contributed by atoms with Gasteiger partial charge in [0.25, 0.3) is 0 Å². The molecule has 1 unspecified atom stereocenters. The number of hydrogen-bond acceptors (Lipinski definition) is 8. The van der Waals surface area contributed by atoms with Crippen molar-refractivity contribution in [1.82, 2.24) is 9.80 Å². The number of para-hydroxylation sites is 1. The number of ether oxygens (including phenoxy) is 3. The first-order chi connectivity index (χ1) is 13.9. The van der Waals surface area contributed by atoms with Crippen LogP contribution in [0.4, 0.5) is 10.5 Å². The van der Waals surface area contributed by atoms with E-state index in [0.29, 0.717) is 12.1 Å². The molecule has 1 amide bonds. The summed E-state index contributed by atoms with van der Waals surface area (Å²) < 4.78 is 14.8. The molecule has 1 aromatic carbocycles. The van der Waals surface area contributed by atoms with Crippen molar-refractivity contribution >= 4 is 23.7 Å². The van der Waals surface area contributed by atoms with Crippen molar-refractivity contribution in [3.8, 4) is 0 Å². The summed E-state index contributed by atoms with van der Waals surface area (Å²) in [6.45, 7) is 2.14. The lowest BCUT2D eigenvalue weighted by Gasteiger charge is -2.38. The Bertz CT molecular complexity index is 793. The van der Waals surface area contributed by atoms with Gasteiger partial charge in [-0.05, 0) is 18.6 Å². The highest BCUT2D eigenvalue weighted by Crippen LogP contribution is 2.29. The normalized spacial score (nSPS) is 15.9. The van der Waals surface area contributed by atoms with Gasteiger partial charge in [0.05, 0.1) is 32.6 Å². The molecule has 1 aliphatic heterocycles. The molecule has 0 radical (unpaired) electrons. The molecule has 1 aliphatic rings. The summed E-state index contributed by atoms with van der Waals surface area (Å²) in [6.07, 6.45) is 3.51. The lowest BCUT2D eigenvalue weighted by Crippen LogP contribution is -2.54. The van der Waals surface area contributed by atoms with E-state index in [-0.39, 0.29) is 12.3 Å². The molecule has 29 heavy (non-hydrogen) atoms. The summed E-state index contributed by atoms with van der Waals surface area (Å²) in [7, 11) is 4.14. The Balaban J connectivity index is 2.51. The Labute approximate surface area is 169 Å². The second-order valence-corrected chi connectivity index (χ2v) is 6.08. The third-order valence-corrected chi connectivity index (χ3v) is 4.10. The Morgan fingerprint density at radius 2 is 1.79 bits per heavy atom. The van der Waals surface area contributed by atoms with Crippen LogP contribution in [-0.4, -0.2) is 62.0 Å². The molecular formula is C20H25N3O6. The van der Waals surface area contributed by atoms with Crippen LogP contribution in [0.2, 0.25) is 0 Å². The maximum absolute atomic E-state index is 12.9. The minimum atomic E-state index is -0.809. The second kappa shape index (κ2) is 10.2. The van der Waals surface area contributed by atoms with Crippen molar-refractivity contribution in [1.29, 1.82) is 0 Å². The summed E-state index contributed by atoms with van der Waals surface area (Å²) in [6, 6.07) is 8.89. The number of amides is 1. The minimum Gasteiger partial charge on any atom is -0.466 e. The van der Waals surface area contributed by atoms with Gasteiger partial charge in [0, 0.05) is 19.4 Å². The van der Waals surface area contributed by atoms with Crippen molar-refractivity contribution in [3.05, 3.63) is 54.5 Å². The number of esters is 2. The average molecular weight is 403 g/mol. The molecule has 0 spiro atoms. The second-order valence-electron chi connectivity index (χ2n) is 6.08. The summed E-state index contributed by atoms with van der Waals surface area (Å²) in [5, 5.41) is 0. The number of rotatable bonds is 7. The van der Waals surface area contributed by atoms with E-state index < -0.39 is 24.3 Å². The molecule has 1 aromatic rings. The molecule has 0 aliphatic carbocycles. The molecule has 1 heterocycles. The lowest BCUT2D eigenvalue weighted by atomic mass is 10.3. The molecule has 2 rings (SSSR count). The zero-order chi connectivity index (χ0) is 21.4. The number of benzene rings is 1. The van der Waals surface area contributed by atoms with Crippen LogP contribution in [0.25, 0.3) is 0 Å². The number of methoxy groups -OCH3 is 2. The van der Waals surface area contributed by atoms with Crippen molar-refractivity contribution in [3.63, 3.8) is 0 Å². The van der Waals surface area contributed by atoms with Crippen LogP contribution in [0.3, 0.4) is 0 Å². The fourth-order valence-electron chi connectivity index (χ4n) is 2.73. The van der Waals surface area contributed by atoms with E-state index in [9.17, 15) is 14.4 Å². The zero-order valence-corrected chi connectivity index (χ0v) is 16.9. The van der Waals surface area contributed by atoms with Crippen molar-refractivity contribution in [2.75, 3.05) is 32.8 Å². The highest BCUT2D eigenvalue weighted by Gasteiger charge is 2.39. The number of hydrogen-bond donors (Lipinski definition) is 0. The van der Waals surface area contributed by atoms with Crippen LogP contribution < -0.4 is 4.90 Å². The van der Waals surface area contributed by atoms with Gasteiger partial charge in [-0.1, -0.05) is 25.1 Å². The third kappa shape index (κ3) is 5.07. The zero-order valence-electron chi connectivity index (χ0n) is 16.9. The first-order valence-corrected chi connectivity index (χ1v) is 9.02. The van der Waals surface area contributed by atoms with Gasteiger partial charge in [0.2, 0.25) is 0 Å². The fourth-order valence-corrected chi connectivity index (χ4v) is 2.73. The van der Waals surface area contributed by atoms with E-state index >= 15 is 0 Å². The molecule has 0 saturated heterocycles. The Hall–Kier alpha value is -3.49. The van der Waals surface area contributed by atoms with Crippen LogP contribution in [-0.2, 0) is 23.8 Å². The van der Waals surface area contributed by atoms with Gasteiger partial charge in [-0.3, -0.25) is 0 Å². The molecular weight excluding hydrogens is 378 g/mol. The fraction of sp³-hybridized carbons (Fsp3) is 0.350. The van der Waals surface area contributed by atoms with Gasteiger partial charge in [-0.2, -0.15) is 0 Å². The van der Waals surface area contributed by atoms with E-state index in [4.69, 9.17) is 9.47 Å². The van der Waals surface area contributed by atoms with Crippen molar-refractivity contribution in [2.45, 2.75) is 19.6 Å². The summed E-state index contributed by atoms with van der Waals surface area (Å²) in [5.74, 6) is -1.48. The smallest absolute Gasteiger partial charge is 0.417 e. The van der Waals surface area contributed by atoms with E-state index in [1.807, 2.05) is 13.0 Å². The van der Waals surface area contributed by atoms with Crippen LogP contribution >= 0.6 is 0 Å². The van der Waals surface area contributed by atoms with Gasteiger partial charge in [-0.15, -0.1) is 0 Å². The largest absolute Gasteiger partial charge is 0.466 e. The third-order valence-electron chi connectivity index (χ3n) is 4.10. The maximum atomic E-state index is 12.9. The predicted molar refractivity (Wildman–Crippen MR) is 105 cm³/mol. The Morgan fingerprint density at radius 3 is 2.38 bits per heavy atom. The summed E-state index contributed by atoms with van der Waals surface area (Å²) in [5.41, 5.74) is 0.468. The Kier molecular flexibility index (Phi) is 7.64. The Morgan fingerprint density at radius 1 is 1.10 bits per heavy atom. The van der Waals surface area contributed by atoms with E-state index in [1.165, 1.54) is 24.0 Å². The lowest BCUT2D eigenvalue weighted by molar-refractivity contribution is -0.140. The first-order valence-electron chi connectivity index (χ1n) is 9.02. The van der Waals surface area contributed by atoms with Crippen molar-refractivity contribution in [2.24, 2.45) is 0 Å². The summed E-state index contributed by atoms with van der Waals surface area (Å²) >= 11 is 0. The van der Waals surface area contributed by atoms with Crippen LogP contribution in [0.5, 0.6) is 0 Å². The van der Waals surface area contributed by atoms with E-state index in [0.717, 1.165) is 6.08 Å². The van der Waals surface area contributed by atoms with Crippen LogP contribution in [0.1, 0.15) is 13.3 Å². The molecule has 0 bridgehead atoms. The minimum absolute atomic E-state index is 0.0887. The number of carbonyl (C=O) groups excluding carboxylic acids is 3. The topological polar surface area (TPSA) is 88.6 Å². The standard InChI is InChI=1S/C20H25N3O6/c1-5-13-29-20(26)23(15-9-7-6-8-10-15)19-21(2)11-12-22(19)16(18(25)28-4)14-17(24)27-3/h6-12,14,19H,5,13H2,1-4H3/b16-14+. The van der Waals surface area contributed by atoms with Crippen LogP contribution in [0, 0.1) is 0 Å². The quantitative estimate of drug-likeness (QED) is 0.389. The number of nitrogens with zero attached hydrogens (tertiary/aromatic N) is 3. The molecule has 9 heteroatoms. The van der Waals surface area contributed by atoms with Gasteiger partial charge in [-0.25, -0.2) is 19.3 Å². The predicted octanol–water partition coefficient (Wildman–Crippen LogP) is 2.27. The van der Waals surface area contributed by atoms with Gasteiger partial charge >= 0.3 is 18.0 Å². The van der Waals surface area contributed by atoms with Gasteiger partial charge in [0.15, 0.2) is 6.29 Å². The maximum Gasteiger partial charge on any atom is 0.417 e. The van der Waals surface area contributed by atoms with E-state index in [2.05, 4.69) is 4.74 Å².